The molecule has 1 aliphatic heterocycles. The fraction of sp³-hybridized carbons (Fsp3) is 0.516. The number of fused-ring (bicyclic) bond motifs is 2. The largest absolute Gasteiger partial charge is 0.490 e. The van der Waals surface area contributed by atoms with E-state index >= 15 is 0 Å². The van der Waals surface area contributed by atoms with Gasteiger partial charge in [0.15, 0.2) is 5.65 Å². The van der Waals surface area contributed by atoms with E-state index in [1.165, 1.54) is 0 Å². The molecule has 2 saturated carbocycles. The Morgan fingerprint density at radius 1 is 1.17 bits per heavy atom. The number of likely N-dealkylation sites (tertiary alicyclic amines) is 1. The van der Waals surface area contributed by atoms with Gasteiger partial charge in [-0.1, -0.05) is 6.92 Å². The van der Waals surface area contributed by atoms with Crippen molar-refractivity contribution in [3.05, 3.63) is 48.5 Å². The second-order valence-corrected chi connectivity index (χ2v) is 13.4. The Labute approximate surface area is 245 Å². The van der Waals surface area contributed by atoms with Gasteiger partial charge in [0.1, 0.15) is 17.0 Å². The number of nitrogens with zero attached hydrogens (tertiary/aromatic N) is 6. The Morgan fingerprint density at radius 2 is 1.98 bits per heavy atom. The highest BCUT2D eigenvalue weighted by Crippen LogP contribution is 2.50. The molecule has 2 amide bonds. The molecule has 3 aliphatic rings. The summed E-state index contributed by atoms with van der Waals surface area (Å²) in [6.07, 6.45) is 12.0. The van der Waals surface area contributed by atoms with E-state index in [-0.39, 0.29) is 31.0 Å². The number of hydrogen-bond donors (Lipinski definition) is 1. The molecule has 0 radical (unpaired) electrons. The van der Waals surface area contributed by atoms with Gasteiger partial charge in [0.25, 0.3) is 5.91 Å². The summed E-state index contributed by atoms with van der Waals surface area (Å²) in [7, 11) is 0. The fourth-order valence-corrected chi connectivity index (χ4v) is 6.55. The van der Waals surface area contributed by atoms with Gasteiger partial charge in [0.05, 0.1) is 29.4 Å². The summed E-state index contributed by atoms with van der Waals surface area (Å²) >= 11 is 0. The summed E-state index contributed by atoms with van der Waals surface area (Å²) in [5.41, 5.74) is 2.07. The molecule has 4 heterocycles. The predicted molar refractivity (Wildman–Crippen MR) is 159 cm³/mol. The van der Waals surface area contributed by atoms with Crippen LogP contribution in [0.25, 0.3) is 16.6 Å². The van der Waals surface area contributed by atoms with Crippen LogP contribution in [0.1, 0.15) is 77.6 Å². The predicted octanol–water partition coefficient (Wildman–Crippen LogP) is 5.72. The fourth-order valence-electron chi connectivity index (χ4n) is 6.55. The van der Waals surface area contributed by atoms with Crippen LogP contribution in [0.2, 0.25) is 0 Å². The smallest absolute Gasteiger partial charge is 0.410 e. The summed E-state index contributed by atoms with van der Waals surface area (Å²) in [5.74, 6) is 0.666. The highest BCUT2D eigenvalue weighted by Gasteiger charge is 2.50. The van der Waals surface area contributed by atoms with Crippen molar-refractivity contribution >= 4 is 34.2 Å². The average molecular weight is 574 g/mol. The summed E-state index contributed by atoms with van der Waals surface area (Å²) in [6.45, 7) is 9.48. The first-order valence-electron chi connectivity index (χ1n) is 14.8. The lowest BCUT2D eigenvalue weighted by Gasteiger charge is -2.54. The minimum Gasteiger partial charge on any atom is -0.490 e. The molecule has 11 nitrogen and oxygen atoms in total. The Morgan fingerprint density at radius 3 is 2.71 bits per heavy atom. The van der Waals surface area contributed by atoms with Crippen LogP contribution in [0.4, 0.5) is 10.5 Å². The minimum absolute atomic E-state index is 0. The Bertz CT molecular complexity index is 1680. The van der Waals surface area contributed by atoms with Crippen LogP contribution in [-0.4, -0.2) is 66.1 Å². The summed E-state index contributed by atoms with van der Waals surface area (Å²) in [6, 6.07) is 5.81. The van der Waals surface area contributed by atoms with E-state index < -0.39 is 5.60 Å². The molecule has 7 rings (SSSR count). The van der Waals surface area contributed by atoms with Crippen molar-refractivity contribution in [2.45, 2.75) is 77.5 Å². The number of benzene rings is 1. The van der Waals surface area contributed by atoms with E-state index in [0.29, 0.717) is 28.6 Å². The number of rotatable bonds is 5. The molecule has 11 heteroatoms. The van der Waals surface area contributed by atoms with Crippen LogP contribution in [0.3, 0.4) is 0 Å². The third-order valence-corrected chi connectivity index (χ3v) is 8.64. The van der Waals surface area contributed by atoms with Crippen molar-refractivity contribution in [2.75, 3.05) is 18.4 Å². The van der Waals surface area contributed by atoms with E-state index in [0.717, 1.165) is 56.1 Å². The molecule has 0 bridgehead atoms. The van der Waals surface area contributed by atoms with Gasteiger partial charge in [0, 0.05) is 50.0 Å². The third-order valence-electron chi connectivity index (χ3n) is 8.64. The van der Waals surface area contributed by atoms with Gasteiger partial charge in [-0.05, 0) is 70.9 Å². The summed E-state index contributed by atoms with van der Waals surface area (Å²) in [4.78, 5) is 32.2. The van der Waals surface area contributed by atoms with E-state index in [1.54, 1.807) is 29.2 Å². The average Bonchev–Trinajstić information content (AvgIpc) is 3.49. The SMILES string of the molecule is C[C@@H]1CC2(CC[C@H]1n1cc3cc(C(=O)Nc4cnn5cccnc45)c(OC4CC4)cc3n1)CN(C(=O)OC(C)(C)C)C2.[HH]. The van der Waals surface area contributed by atoms with Gasteiger partial charge >= 0.3 is 6.09 Å². The molecular formula is C31H39N7O4. The van der Waals surface area contributed by atoms with Crippen molar-refractivity contribution in [1.82, 2.24) is 29.3 Å². The zero-order valence-corrected chi connectivity index (χ0v) is 24.5. The first kappa shape index (κ1) is 26.7. The monoisotopic (exact) mass is 573 g/mol. The summed E-state index contributed by atoms with van der Waals surface area (Å²) in [5, 5.41) is 13.1. The van der Waals surface area contributed by atoms with Gasteiger partial charge in [0.2, 0.25) is 0 Å². The maximum atomic E-state index is 13.5. The second kappa shape index (κ2) is 9.71. The highest BCUT2D eigenvalue weighted by atomic mass is 16.6. The van der Waals surface area contributed by atoms with Crippen molar-refractivity contribution < 1.29 is 20.5 Å². The Kier molecular flexibility index (Phi) is 6.18. The zero-order valence-electron chi connectivity index (χ0n) is 24.5. The Balaban J connectivity index is 0.00000329. The molecule has 4 aromatic rings. The quantitative estimate of drug-likeness (QED) is 0.325. The van der Waals surface area contributed by atoms with Crippen LogP contribution in [0.15, 0.2) is 43.0 Å². The first-order valence-corrected chi connectivity index (χ1v) is 14.8. The molecule has 2 aliphatic carbocycles. The molecule has 0 unspecified atom stereocenters. The third kappa shape index (κ3) is 5.05. The molecule has 3 fully saturated rings. The zero-order chi connectivity index (χ0) is 29.2. The topological polar surface area (TPSA) is 116 Å². The van der Waals surface area contributed by atoms with Crippen LogP contribution < -0.4 is 10.1 Å². The van der Waals surface area contributed by atoms with Crippen molar-refractivity contribution in [2.24, 2.45) is 11.3 Å². The van der Waals surface area contributed by atoms with E-state index in [2.05, 4.69) is 33.2 Å². The van der Waals surface area contributed by atoms with Crippen molar-refractivity contribution in [1.29, 1.82) is 0 Å². The van der Waals surface area contributed by atoms with E-state index in [9.17, 15) is 9.59 Å². The molecule has 2 atom stereocenters. The van der Waals surface area contributed by atoms with E-state index in [4.69, 9.17) is 14.6 Å². The number of ether oxygens (including phenoxy) is 2. The van der Waals surface area contributed by atoms with Gasteiger partial charge in [-0.25, -0.2) is 14.3 Å². The number of carbonyl (C=O) groups is 2. The molecule has 1 aromatic carbocycles. The van der Waals surface area contributed by atoms with Crippen LogP contribution in [0, 0.1) is 11.3 Å². The standard InChI is InChI=1S/C31H37N7O4.H2/c1-19-14-31(17-36(18-31)29(40)42-30(2,3)4)9-8-25(19)38-16-20-12-22(26(13-23(20)35-38)41-21-6-7-21)28(39)34-24-15-33-37-11-5-10-32-27(24)37;/h5,10-13,15-16,19,21,25H,6-9,14,17-18H2,1-4H3,(H,34,39);1H/t19-,25-;/m1./s1. The molecule has 1 saturated heterocycles. The second-order valence-electron chi connectivity index (χ2n) is 13.4. The van der Waals surface area contributed by atoms with Gasteiger partial charge in [-0.2, -0.15) is 10.2 Å². The van der Waals surface area contributed by atoms with Gasteiger partial charge in [-0.15, -0.1) is 0 Å². The molecule has 1 N–H and O–H groups in total. The molecule has 3 aromatic heterocycles. The van der Waals surface area contributed by atoms with Gasteiger partial charge in [-0.3, -0.25) is 9.48 Å². The molecule has 1 spiro atoms. The summed E-state index contributed by atoms with van der Waals surface area (Å²) < 4.78 is 15.5. The number of aromatic nitrogens is 5. The number of anilines is 1. The Hall–Kier alpha value is -4.15. The number of hydrogen-bond acceptors (Lipinski definition) is 7. The highest BCUT2D eigenvalue weighted by molar-refractivity contribution is 6.09. The van der Waals surface area contributed by atoms with Crippen LogP contribution >= 0.6 is 0 Å². The first-order chi connectivity index (χ1) is 20.1. The molecule has 42 heavy (non-hydrogen) atoms. The lowest BCUT2D eigenvalue weighted by atomic mass is 9.64. The van der Waals surface area contributed by atoms with Gasteiger partial charge < -0.3 is 19.7 Å². The molecular weight excluding hydrogens is 534 g/mol. The molecule has 222 valence electrons. The number of nitrogens with one attached hydrogen (secondary N) is 1. The maximum Gasteiger partial charge on any atom is 0.410 e. The lowest BCUT2D eigenvalue weighted by Crippen LogP contribution is -2.61. The van der Waals surface area contributed by atoms with Crippen LogP contribution in [-0.2, 0) is 4.74 Å². The van der Waals surface area contributed by atoms with E-state index in [1.807, 2.05) is 37.8 Å². The lowest BCUT2D eigenvalue weighted by molar-refractivity contribution is -0.0648. The van der Waals surface area contributed by atoms with Crippen molar-refractivity contribution in [3.8, 4) is 5.75 Å². The number of amides is 2. The van der Waals surface area contributed by atoms with Crippen molar-refractivity contribution in [3.63, 3.8) is 0 Å². The minimum atomic E-state index is -0.484. The normalized spacial score (nSPS) is 21.9. The maximum absolute atomic E-state index is 13.5. The number of carbonyl (C=O) groups excluding carboxylic acids is 2. The van der Waals surface area contributed by atoms with Crippen LogP contribution in [0.5, 0.6) is 5.75 Å².